The number of rotatable bonds is 3. The molecule has 2 aromatic rings. The first-order valence-electron chi connectivity index (χ1n) is 7.06. The molecule has 9 heteroatoms. The molecule has 6 nitrogen and oxygen atoms in total. The highest BCUT2D eigenvalue weighted by Gasteiger charge is 2.38. The van der Waals surface area contributed by atoms with Gasteiger partial charge in [0.05, 0.1) is 16.1 Å². The highest BCUT2D eigenvalue weighted by Crippen LogP contribution is 2.35. The van der Waals surface area contributed by atoms with Gasteiger partial charge in [0, 0.05) is 39.1 Å². The molecule has 1 N–H and O–H groups in total. The molecule has 1 unspecified atom stereocenters. The van der Waals surface area contributed by atoms with Crippen LogP contribution < -0.4 is 5.32 Å². The van der Waals surface area contributed by atoms with Gasteiger partial charge in [-0.3, -0.25) is 0 Å². The van der Waals surface area contributed by atoms with Crippen LogP contribution in [-0.2, 0) is 17.1 Å². The summed E-state index contributed by atoms with van der Waals surface area (Å²) in [6.07, 6.45) is 3.44. The summed E-state index contributed by atoms with van der Waals surface area (Å²) < 4.78 is 29.5. The van der Waals surface area contributed by atoms with E-state index in [9.17, 15) is 8.42 Å². The topological polar surface area (TPSA) is 67.2 Å². The second-order valence-electron chi connectivity index (χ2n) is 5.28. The molecule has 1 fully saturated rings. The van der Waals surface area contributed by atoms with Crippen molar-refractivity contribution in [2.75, 3.05) is 19.6 Å². The van der Waals surface area contributed by atoms with Crippen LogP contribution in [0.1, 0.15) is 11.9 Å². The lowest BCUT2D eigenvalue weighted by atomic mass is 10.2. The van der Waals surface area contributed by atoms with Gasteiger partial charge in [-0.05, 0) is 12.1 Å². The van der Waals surface area contributed by atoms with Gasteiger partial charge in [-0.25, -0.2) is 13.4 Å². The van der Waals surface area contributed by atoms with E-state index in [2.05, 4.69) is 10.3 Å². The van der Waals surface area contributed by atoms with Crippen molar-refractivity contribution in [1.29, 1.82) is 0 Å². The van der Waals surface area contributed by atoms with Gasteiger partial charge in [0.1, 0.15) is 10.7 Å². The summed E-state index contributed by atoms with van der Waals surface area (Å²) >= 11 is 12.2. The Morgan fingerprint density at radius 2 is 2.00 bits per heavy atom. The van der Waals surface area contributed by atoms with Crippen LogP contribution in [0.2, 0.25) is 10.0 Å². The zero-order valence-corrected chi connectivity index (χ0v) is 14.7. The molecular weight excluding hydrogens is 359 g/mol. The van der Waals surface area contributed by atoms with Crippen molar-refractivity contribution in [2.45, 2.75) is 10.9 Å². The lowest BCUT2D eigenvalue weighted by molar-refractivity contribution is 0.258. The Hall–Kier alpha value is -1.12. The van der Waals surface area contributed by atoms with Crippen molar-refractivity contribution in [3.63, 3.8) is 0 Å². The Bertz CT molecular complexity index is 802. The van der Waals surface area contributed by atoms with Crippen LogP contribution in [0.5, 0.6) is 0 Å². The molecule has 124 valence electrons. The molecule has 0 amide bonds. The van der Waals surface area contributed by atoms with E-state index in [-0.39, 0.29) is 14.9 Å². The van der Waals surface area contributed by atoms with Gasteiger partial charge in [0.25, 0.3) is 0 Å². The largest absolute Gasteiger partial charge is 0.337 e. The molecule has 3 rings (SSSR count). The number of halogens is 2. The quantitative estimate of drug-likeness (QED) is 0.892. The van der Waals surface area contributed by atoms with Gasteiger partial charge in [0.2, 0.25) is 10.0 Å². The Morgan fingerprint density at radius 3 is 2.61 bits per heavy atom. The molecule has 1 atom stereocenters. The predicted molar refractivity (Wildman–Crippen MR) is 89.2 cm³/mol. The average molecular weight is 375 g/mol. The summed E-state index contributed by atoms with van der Waals surface area (Å²) in [6, 6.07) is 4.26. The summed E-state index contributed by atoms with van der Waals surface area (Å²) in [4.78, 5) is 4.24. The number of aromatic nitrogens is 2. The first-order chi connectivity index (χ1) is 10.9. The first-order valence-corrected chi connectivity index (χ1v) is 9.26. The number of nitrogens with zero attached hydrogens (tertiary/aromatic N) is 3. The van der Waals surface area contributed by atoms with Crippen LogP contribution in [-0.4, -0.2) is 41.9 Å². The highest BCUT2D eigenvalue weighted by atomic mass is 35.5. The second-order valence-corrected chi connectivity index (χ2v) is 7.92. The second kappa shape index (κ2) is 6.41. The van der Waals surface area contributed by atoms with Gasteiger partial charge in [-0.15, -0.1) is 0 Å². The lowest BCUT2D eigenvalue weighted by Crippen LogP contribution is -2.49. The van der Waals surface area contributed by atoms with E-state index in [1.54, 1.807) is 18.5 Å². The minimum Gasteiger partial charge on any atom is -0.337 e. The molecule has 0 aliphatic carbocycles. The number of benzene rings is 1. The van der Waals surface area contributed by atoms with Gasteiger partial charge < -0.3 is 9.88 Å². The van der Waals surface area contributed by atoms with E-state index in [0.29, 0.717) is 25.5 Å². The SMILES string of the molecule is Cn1ccnc1C1CNCCN1S(=O)(=O)c1c(Cl)cccc1Cl. The molecule has 1 aromatic carbocycles. The molecule has 1 aliphatic heterocycles. The average Bonchev–Trinajstić information content (AvgIpc) is 2.93. The Morgan fingerprint density at radius 1 is 1.30 bits per heavy atom. The summed E-state index contributed by atoms with van der Waals surface area (Å²) in [7, 11) is -2.00. The molecule has 2 heterocycles. The molecule has 23 heavy (non-hydrogen) atoms. The number of piperazine rings is 1. The van der Waals surface area contributed by atoms with Crippen LogP contribution in [0.4, 0.5) is 0 Å². The number of aryl methyl sites for hydroxylation is 1. The number of nitrogens with one attached hydrogen (secondary N) is 1. The smallest absolute Gasteiger partial charge is 0.246 e. The van der Waals surface area contributed by atoms with Crippen molar-refractivity contribution in [3.8, 4) is 0 Å². The third-order valence-electron chi connectivity index (χ3n) is 3.84. The molecule has 1 aliphatic rings. The molecule has 1 saturated heterocycles. The van der Waals surface area contributed by atoms with Crippen molar-refractivity contribution in [1.82, 2.24) is 19.2 Å². The molecule has 0 saturated carbocycles. The molecular formula is C14H16Cl2N4O2S. The fraction of sp³-hybridized carbons (Fsp3) is 0.357. The third-order valence-corrected chi connectivity index (χ3v) is 6.70. The van der Waals surface area contributed by atoms with E-state index in [1.807, 2.05) is 11.6 Å². The fourth-order valence-corrected chi connectivity index (χ4v) is 5.42. The minimum atomic E-state index is -3.84. The number of hydrogen-bond acceptors (Lipinski definition) is 4. The van der Waals surface area contributed by atoms with Crippen LogP contribution in [0.25, 0.3) is 0 Å². The van der Waals surface area contributed by atoms with Gasteiger partial charge in [0.15, 0.2) is 0 Å². The van der Waals surface area contributed by atoms with Gasteiger partial charge in [-0.2, -0.15) is 4.31 Å². The normalized spacial score (nSPS) is 19.9. The standard InChI is InChI=1S/C14H16Cl2N4O2S/c1-19-7-6-18-14(19)12-9-17-5-8-20(12)23(21,22)13-10(15)3-2-4-11(13)16/h2-4,6-7,12,17H,5,8-9H2,1H3. The van der Waals surface area contributed by atoms with Crippen molar-refractivity contribution < 1.29 is 8.42 Å². The summed E-state index contributed by atoms with van der Waals surface area (Å²) in [5, 5.41) is 3.45. The highest BCUT2D eigenvalue weighted by molar-refractivity contribution is 7.89. The lowest BCUT2D eigenvalue weighted by Gasteiger charge is -2.35. The maximum Gasteiger partial charge on any atom is 0.246 e. The molecule has 0 radical (unpaired) electrons. The van der Waals surface area contributed by atoms with E-state index >= 15 is 0 Å². The molecule has 1 aromatic heterocycles. The van der Waals surface area contributed by atoms with Crippen LogP contribution in [0, 0.1) is 0 Å². The Kier molecular flexibility index (Phi) is 4.66. The number of hydrogen-bond donors (Lipinski definition) is 1. The zero-order chi connectivity index (χ0) is 16.6. The number of imidazole rings is 1. The fourth-order valence-electron chi connectivity index (χ4n) is 2.74. The van der Waals surface area contributed by atoms with Crippen LogP contribution in [0.3, 0.4) is 0 Å². The minimum absolute atomic E-state index is 0.0514. The summed E-state index contributed by atoms with van der Waals surface area (Å²) in [5.41, 5.74) is 0. The van der Waals surface area contributed by atoms with Crippen molar-refractivity contribution in [2.24, 2.45) is 7.05 Å². The first kappa shape index (κ1) is 16.7. The predicted octanol–water partition coefficient (Wildman–Crippen LogP) is 2.06. The van der Waals surface area contributed by atoms with Crippen molar-refractivity contribution in [3.05, 3.63) is 46.5 Å². The van der Waals surface area contributed by atoms with Crippen molar-refractivity contribution >= 4 is 33.2 Å². The maximum absolute atomic E-state index is 13.1. The Labute approximate surface area is 145 Å². The molecule has 0 spiro atoms. The zero-order valence-electron chi connectivity index (χ0n) is 12.4. The molecule has 0 bridgehead atoms. The number of sulfonamides is 1. The van der Waals surface area contributed by atoms with E-state index in [4.69, 9.17) is 23.2 Å². The maximum atomic E-state index is 13.1. The van der Waals surface area contributed by atoms with Crippen LogP contribution in [0.15, 0.2) is 35.5 Å². The summed E-state index contributed by atoms with van der Waals surface area (Å²) in [6.45, 7) is 1.36. The summed E-state index contributed by atoms with van der Waals surface area (Å²) in [5.74, 6) is 0.670. The van der Waals surface area contributed by atoms with E-state index in [0.717, 1.165) is 0 Å². The third kappa shape index (κ3) is 2.99. The van der Waals surface area contributed by atoms with Gasteiger partial charge >= 0.3 is 0 Å². The monoisotopic (exact) mass is 374 g/mol. The Balaban J connectivity index is 2.08. The van der Waals surface area contributed by atoms with Crippen LogP contribution >= 0.6 is 23.2 Å². The van der Waals surface area contributed by atoms with E-state index < -0.39 is 16.1 Å². The van der Waals surface area contributed by atoms with Gasteiger partial charge in [-0.1, -0.05) is 29.3 Å². The van der Waals surface area contributed by atoms with E-state index in [1.165, 1.54) is 16.4 Å².